The lowest BCUT2D eigenvalue weighted by atomic mass is 9.95. The lowest BCUT2D eigenvalue weighted by Gasteiger charge is -2.28. The van der Waals surface area contributed by atoms with E-state index in [9.17, 15) is 14.7 Å². The van der Waals surface area contributed by atoms with Crippen molar-refractivity contribution >= 4 is 23.0 Å². The Balaban J connectivity index is 1.81. The highest BCUT2D eigenvalue weighted by molar-refractivity contribution is 7.12. The third-order valence-corrected chi connectivity index (χ3v) is 6.24. The fraction of sp³-hybridized carbons (Fsp3) is 0.231. The molecule has 33 heavy (non-hydrogen) atoms. The number of amides is 1. The number of benzene rings is 2. The van der Waals surface area contributed by atoms with Crippen molar-refractivity contribution in [2.75, 3.05) is 7.11 Å². The van der Waals surface area contributed by atoms with Crippen LogP contribution >= 0.6 is 11.3 Å². The molecule has 0 fully saturated rings. The van der Waals surface area contributed by atoms with Gasteiger partial charge < -0.3 is 19.5 Å². The van der Waals surface area contributed by atoms with Crippen LogP contribution in [0, 0.1) is 0 Å². The first kappa shape index (κ1) is 22.6. The number of ketones is 1. The fourth-order valence-corrected chi connectivity index (χ4v) is 4.66. The average Bonchev–Trinajstić information content (AvgIpc) is 3.42. The summed E-state index contributed by atoms with van der Waals surface area (Å²) >= 11 is 1.27. The van der Waals surface area contributed by atoms with Crippen LogP contribution in [0.25, 0.3) is 0 Å². The maximum Gasteiger partial charge on any atom is 0.290 e. The first-order valence-corrected chi connectivity index (χ1v) is 11.5. The molecule has 0 spiro atoms. The highest BCUT2D eigenvalue weighted by Crippen LogP contribution is 2.42. The Hall–Kier alpha value is -3.58. The molecule has 4 rings (SSSR count). The molecule has 1 amide bonds. The quantitative estimate of drug-likeness (QED) is 0.458. The van der Waals surface area contributed by atoms with Crippen LogP contribution in [0.1, 0.15) is 40.7 Å². The number of aliphatic hydroxyl groups excluding tert-OH is 1. The maximum atomic E-state index is 13.4. The van der Waals surface area contributed by atoms with Crippen LogP contribution in [0.3, 0.4) is 0 Å². The van der Waals surface area contributed by atoms with Crippen LogP contribution in [0.15, 0.2) is 77.4 Å². The molecule has 1 aliphatic heterocycles. The van der Waals surface area contributed by atoms with Gasteiger partial charge in [-0.2, -0.15) is 0 Å². The van der Waals surface area contributed by atoms with Gasteiger partial charge in [-0.05, 0) is 49.1 Å². The monoisotopic (exact) mass is 463 g/mol. The van der Waals surface area contributed by atoms with Crippen LogP contribution < -0.4 is 9.47 Å². The SMILES string of the molecule is COc1ccccc1CN1C(=O)C(O)=C(C(=O)c2cccs2)C1c1cccc(OC(C)C)c1. The second-order valence-corrected chi connectivity index (χ2v) is 8.90. The van der Waals surface area contributed by atoms with E-state index in [4.69, 9.17) is 9.47 Å². The number of Topliss-reactive ketones (excluding diaryl/α,β-unsaturated/α-hetero) is 1. The number of hydrogen-bond acceptors (Lipinski definition) is 6. The number of para-hydroxylation sites is 1. The first-order valence-electron chi connectivity index (χ1n) is 10.6. The summed E-state index contributed by atoms with van der Waals surface area (Å²) in [5, 5.41) is 12.6. The second-order valence-electron chi connectivity index (χ2n) is 7.96. The Bertz CT molecular complexity index is 1200. The minimum absolute atomic E-state index is 0.0358. The molecule has 1 atom stereocenters. The zero-order valence-electron chi connectivity index (χ0n) is 18.6. The first-order chi connectivity index (χ1) is 15.9. The molecular weight excluding hydrogens is 438 g/mol. The number of nitrogens with zero attached hydrogens (tertiary/aromatic N) is 1. The molecule has 1 N–H and O–H groups in total. The standard InChI is InChI=1S/C26H25NO5S/c1-16(2)32-19-10-6-9-17(14-19)23-22(24(28)21-12-7-13-33-21)25(29)26(30)27(23)15-18-8-4-5-11-20(18)31-3/h4-14,16,23,29H,15H2,1-3H3. The predicted molar refractivity (Wildman–Crippen MR) is 127 cm³/mol. The number of ether oxygens (including phenoxy) is 2. The van der Waals surface area contributed by atoms with Crippen molar-refractivity contribution in [1.82, 2.24) is 4.90 Å². The molecule has 2 aromatic carbocycles. The van der Waals surface area contributed by atoms with Gasteiger partial charge in [-0.1, -0.05) is 36.4 Å². The molecule has 7 heteroatoms. The van der Waals surface area contributed by atoms with Crippen LogP contribution in [0.5, 0.6) is 11.5 Å². The molecule has 1 aliphatic rings. The van der Waals surface area contributed by atoms with Crippen LogP contribution in [-0.4, -0.2) is 34.9 Å². The fourth-order valence-electron chi connectivity index (χ4n) is 3.98. The topological polar surface area (TPSA) is 76.1 Å². The molecule has 0 bridgehead atoms. The average molecular weight is 464 g/mol. The van der Waals surface area contributed by atoms with E-state index in [1.165, 1.54) is 16.2 Å². The van der Waals surface area contributed by atoms with Gasteiger partial charge in [-0.25, -0.2) is 0 Å². The summed E-state index contributed by atoms with van der Waals surface area (Å²) in [6, 6.07) is 17.4. The van der Waals surface area contributed by atoms with Crippen molar-refractivity contribution in [3.63, 3.8) is 0 Å². The lowest BCUT2D eigenvalue weighted by molar-refractivity contribution is -0.130. The third kappa shape index (κ3) is 4.50. The molecule has 0 aliphatic carbocycles. The molecule has 170 valence electrons. The van der Waals surface area contributed by atoms with Crippen LogP contribution in [-0.2, 0) is 11.3 Å². The van der Waals surface area contributed by atoms with Crippen LogP contribution in [0.2, 0.25) is 0 Å². The largest absolute Gasteiger partial charge is 0.503 e. The molecule has 0 saturated heterocycles. The summed E-state index contributed by atoms with van der Waals surface area (Å²) in [5.74, 6) is -0.233. The van der Waals surface area contributed by atoms with E-state index in [1.54, 1.807) is 24.6 Å². The molecular formula is C26H25NO5S. The van der Waals surface area contributed by atoms with Crippen molar-refractivity contribution < 1.29 is 24.2 Å². The number of methoxy groups -OCH3 is 1. The van der Waals surface area contributed by atoms with Crippen LogP contribution in [0.4, 0.5) is 0 Å². The Morgan fingerprint density at radius 1 is 1.12 bits per heavy atom. The normalized spacial score (nSPS) is 15.9. The molecule has 6 nitrogen and oxygen atoms in total. The van der Waals surface area contributed by atoms with Crippen molar-refractivity contribution in [2.24, 2.45) is 0 Å². The van der Waals surface area contributed by atoms with Crippen molar-refractivity contribution in [3.05, 3.63) is 93.4 Å². The van der Waals surface area contributed by atoms with Gasteiger partial charge in [0.2, 0.25) is 5.78 Å². The number of rotatable bonds is 8. The third-order valence-electron chi connectivity index (χ3n) is 5.37. The molecule has 1 unspecified atom stereocenters. The van der Waals surface area contributed by atoms with Gasteiger partial charge in [0, 0.05) is 5.56 Å². The number of carbonyl (C=O) groups excluding carboxylic acids is 2. The predicted octanol–water partition coefficient (Wildman–Crippen LogP) is 5.32. The smallest absolute Gasteiger partial charge is 0.290 e. The Labute approximate surface area is 196 Å². The summed E-state index contributed by atoms with van der Waals surface area (Å²) in [7, 11) is 1.57. The Kier molecular flexibility index (Phi) is 6.51. The van der Waals surface area contributed by atoms with Gasteiger partial charge in [0.1, 0.15) is 11.5 Å². The minimum atomic E-state index is -0.771. The van der Waals surface area contributed by atoms with E-state index in [0.717, 1.165) is 5.56 Å². The van der Waals surface area contributed by atoms with Gasteiger partial charge >= 0.3 is 0 Å². The van der Waals surface area contributed by atoms with Gasteiger partial charge in [0.15, 0.2) is 5.76 Å². The number of carbonyl (C=O) groups is 2. The van der Waals surface area contributed by atoms with E-state index < -0.39 is 17.7 Å². The lowest BCUT2D eigenvalue weighted by Crippen LogP contribution is -2.31. The molecule has 1 aromatic heterocycles. The molecule has 2 heterocycles. The molecule has 3 aromatic rings. The van der Waals surface area contributed by atoms with Gasteiger partial charge in [0.05, 0.1) is 36.3 Å². The number of hydrogen-bond donors (Lipinski definition) is 1. The second kappa shape index (κ2) is 9.50. The minimum Gasteiger partial charge on any atom is -0.503 e. The van der Waals surface area contributed by atoms with E-state index in [1.807, 2.05) is 62.4 Å². The Morgan fingerprint density at radius 3 is 2.61 bits per heavy atom. The Morgan fingerprint density at radius 2 is 1.91 bits per heavy atom. The van der Waals surface area contributed by atoms with E-state index in [-0.39, 0.29) is 24.0 Å². The van der Waals surface area contributed by atoms with E-state index >= 15 is 0 Å². The summed E-state index contributed by atoms with van der Waals surface area (Å²) in [5.41, 5.74) is 1.52. The number of aliphatic hydroxyl groups is 1. The summed E-state index contributed by atoms with van der Waals surface area (Å²) < 4.78 is 11.3. The van der Waals surface area contributed by atoms with Gasteiger partial charge in [0.25, 0.3) is 5.91 Å². The highest BCUT2D eigenvalue weighted by Gasteiger charge is 2.44. The van der Waals surface area contributed by atoms with Gasteiger partial charge in [-0.3, -0.25) is 9.59 Å². The van der Waals surface area contributed by atoms with Crippen molar-refractivity contribution in [3.8, 4) is 11.5 Å². The van der Waals surface area contributed by atoms with Crippen molar-refractivity contribution in [1.29, 1.82) is 0 Å². The van der Waals surface area contributed by atoms with Crippen molar-refractivity contribution in [2.45, 2.75) is 32.5 Å². The molecule has 0 saturated carbocycles. The highest BCUT2D eigenvalue weighted by atomic mass is 32.1. The maximum absolute atomic E-state index is 13.4. The summed E-state index contributed by atoms with van der Waals surface area (Å²) in [4.78, 5) is 28.6. The zero-order valence-corrected chi connectivity index (χ0v) is 19.5. The summed E-state index contributed by atoms with van der Waals surface area (Å²) in [6.07, 6.45) is -0.0358. The van der Waals surface area contributed by atoms with E-state index in [2.05, 4.69) is 0 Å². The summed E-state index contributed by atoms with van der Waals surface area (Å²) in [6.45, 7) is 4.02. The molecule has 0 radical (unpaired) electrons. The van der Waals surface area contributed by atoms with Gasteiger partial charge in [-0.15, -0.1) is 11.3 Å². The zero-order chi connectivity index (χ0) is 23.5. The number of thiophene rings is 1. The van der Waals surface area contributed by atoms with E-state index in [0.29, 0.717) is 21.9 Å².